The largest absolute Gasteiger partial charge is 0.496 e. The molecule has 2 heterocycles. The smallest absolute Gasteiger partial charge is 0.305 e. The molecule has 3 aromatic rings. The van der Waals surface area contributed by atoms with Crippen molar-refractivity contribution < 1.29 is 14.3 Å². The molecule has 1 aromatic carbocycles. The van der Waals surface area contributed by atoms with Crippen LogP contribution in [0.3, 0.4) is 0 Å². The van der Waals surface area contributed by atoms with Crippen LogP contribution in [0.1, 0.15) is 18.4 Å². The first-order valence-electron chi connectivity index (χ1n) is 8.39. The maximum Gasteiger partial charge on any atom is 0.305 e. The van der Waals surface area contributed by atoms with E-state index in [0.29, 0.717) is 34.0 Å². The van der Waals surface area contributed by atoms with Gasteiger partial charge < -0.3 is 14.5 Å². The van der Waals surface area contributed by atoms with E-state index in [0.717, 1.165) is 22.4 Å². The van der Waals surface area contributed by atoms with Crippen LogP contribution in [0, 0.1) is 6.92 Å². The second-order valence-electron chi connectivity index (χ2n) is 5.93. The first-order valence-corrected chi connectivity index (χ1v) is 10.3. The SMILES string of the molecule is COC(=O)CCCSc1nc2scc(-c3cc(C)ccc3OC)c2c(=O)[nH]1. The number of carbonyl (C=O) groups is 1. The minimum absolute atomic E-state index is 0.171. The van der Waals surface area contributed by atoms with E-state index in [1.807, 2.05) is 30.5 Å². The minimum Gasteiger partial charge on any atom is -0.496 e. The molecule has 0 unspecified atom stereocenters. The van der Waals surface area contributed by atoms with Gasteiger partial charge in [0.2, 0.25) is 0 Å². The molecule has 0 aliphatic heterocycles. The Balaban J connectivity index is 1.89. The number of H-pyrrole nitrogens is 1. The number of hydrogen-bond acceptors (Lipinski definition) is 7. The third-order valence-corrected chi connectivity index (χ3v) is 5.89. The number of thiophene rings is 1. The number of fused-ring (bicyclic) bond motifs is 1. The summed E-state index contributed by atoms with van der Waals surface area (Å²) in [5.74, 6) is 1.16. The van der Waals surface area contributed by atoms with Crippen LogP contribution in [-0.4, -0.2) is 35.9 Å². The number of carbonyl (C=O) groups excluding carboxylic acids is 1. The summed E-state index contributed by atoms with van der Waals surface area (Å²) in [5, 5.41) is 3.07. The van der Waals surface area contributed by atoms with Gasteiger partial charge in [-0.1, -0.05) is 23.4 Å². The van der Waals surface area contributed by atoms with Gasteiger partial charge in [-0.05, 0) is 25.5 Å². The van der Waals surface area contributed by atoms with Crippen molar-refractivity contribution in [1.82, 2.24) is 9.97 Å². The predicted octanol–water partition coefficient (Wildman–Crippen LogP) is 4.01. The number of aryl methyl sites for hydroxylation is 1. The molecule has 3 rings (SSSR count). The highest BCUT2D eigenvalue weighted by Gasteiger charge is 2.16. The van der Waals surface area contributed by atoms with E-state index in [-0.39, 0.29) is 11.5 Å². The van der Waals surface area contributed by atoms with Crippen molar-refractivity contribution in [3.05, 3.63) is 39.5 Å². The number of aromatic nitrogens is 2. The van der Waals surface area contributed by atoms with Crippen LogP contribution in [0.25, 0.3) is 21.3 Å². The Morgan fingerprint density at radius 2 is 2.11 bits per heavy atom. The van der Waals surface area contributed by atoms with Crippen molar-refractivity contribution in [2.45, 2.75) is 24.9 Å². The van der Waals surface area contributed by atoms with Crippen LogP contribution in [-0.2, 0) is 9.53 Å². The molecule has 0 amide bonds. The Morgan fingerprint density at radius 1 is 1.30 bits per heavy atom. The third kappa shape index (κ3) is 4.33. The molecular weight excluding hydrogens is 384 g/mol. The number of aromatic amines is 1. The molecule has 6 nitrogen and oxygen atoms in total. The van der Waals surface area contributed by atoms with Crippen LogP contribution in [0.4, 0.5) is 0 Å². The second-order valence-corrected chi connectivity index (χ2v) is 7.87. The Labute approximate surface area is 164 Å². The van der Waals surface area contributed by atoms with Crippen molar-refractivity contribution >= 4 is 39.3 Å². The molecule has 0 aliphatic carbocycles. The number of methoxy groups -OCH3 is 2. The average molecular weight is 405 g/mol. The zero-order valence-electron chi connectivity index (χ0n) is 15.3. The van der Waals surface area contributed by atoms with Crippen molar-refractivity contribution in [3.8, 4) is 16.9 Å². The Kier molecular flexibility index (Phi) is 6.18. The van der Waals surface area contributed by atoms with Crippen LogP contribution in [0.2, 0.25) is 0 Å². The first-order chi connectivity index (χ1) is 13.0. The number of esters is 1. The van der Waals surface area contributed by atoms with Crippen LogP contribution in [0.5, 0.6) is 5.75 Å². The van der Waals surface area contributed by atoms with Gasteiger partial charge in [0, 0.05) is 28.7 Å². The number of benzene rings is 1. The fraction of sp³-hybridized carbons (Fsp3) is 0.316. The van der Waals surface area contributed by atoms with Gasteiger partial charge in [-0.3, -0.25) is 9.59 Å². The van der Waals surface area contributed by atoms with Gasteiger partial charge in [-0.15, -0.1) is 11.3 Å². The molecule has 0 radical (unpaired) electrons. The van der Waals surface area contributed by atoms with Gasteiger partial charge in [-0.2, -0.15) is 0 Å². The Bertz CT molecular complexity index is 1030. The summed E-state index contributed by atoms with van der Waals surface area (Å²) < 4.78 is 10.1. The molecule has 0 saturated carbocycles. The Morgan fingerprint density at radius 3 is 2.85 bits per heavy atom. The Hall–Kier alpha value is -2.32. The van der Waals surface area contributed by atoms with Gasteiger partial charge >= 0.3 is 5.97 Å². The molecule has 8 heteroatoms. The second kappa shape index (κ2) is 8.58. The van der Waals surface area contributed by atoms with Crippen LogP contribution >= 0.6 is 23.1 Å². The van der Waals surface area contributed by atoms with Crippen LogP contribution in [0.15, 0.2) is 33.5 Å². The summed E-state index contributed by atoms with van der Waals surface area (Å²) in [6, 6.07) is 5.89. The number of thioether (sulfide) groups is 1. The van der Waals surface area contributed by atoms with Crippen LogP contribution < -0.4 is 10.3 Å². The summed E-state index contributed by atoms with van der Waals surface area (Å²) in [5.41, 5.74) is 2.63. The van der Waals surface area contributed by atoms with Gasteiger partial charge in [-0.25, -0.2) is 4.98 Å². The molecule has 0 fully saturated rings. The highest BCUT2D eigenvalue weighted by atomic mass is 32.2. The molecule has 142 valence electrons. The van der Waals surface area contributed by atoms with E-state index >= 15 is 0 Å². The number of hydrogen-bond donors (Lipinski definition) is 1. The highest BCUT2D eigenvalue weighted by Crippen LogP contribution is 2.37. The minimum atomic E-state index is -0.234. The number of rotatable bonds is 7. The fourth-order valence-corrected chi connectivity index (χ4v) is 4.51. The molecule has 0 aliphatic rings. The zero-order valence-corrected chi connectivity index (χ0v) is 17.0. The molecule has 2 aromatic heterocycles. The summed E-state index contributed by atoms with van der Waals surface area (Å²) in [6.45, 7) is 2.00. The zero-order chi connectivity index (χ0) is 19.4. The van der Waals surface area contributed by atoms with E-state index in [2.05, 4.69) is 14.7 Å². The van der Waals surface area contributed by atoms with E-state index in [9.17, 15) is 9.59 Å². The number of nitrogens with one attached hydrogen (secondary N) is 1. The third-order valence-electron chi connectivity index (χ3n) is 4.06. The summed E-state index contributed by atoms with van der Waals surface area (Å²) >= 11 is 2.86. The molecule has 0 saturated heterocycles. The normalized spacial score (nSPS) is 10.9. The summed E-state index contributed by atoms with van der Waals surface area (Å²) in [4.78, 5) is 32.0. The maximum atomic E-state index is 12.7. The van der Waals surface area contributed by atoms with Crippen molar-refractivity contribution in [2.75, 3.05) is 20.0 Å². The molecule has 0 bridgehead atoms. The molecule has 0 spiro atoms. The van der Waals surface area contributed by atoms with E-state index < -0.39 is 0 Å². The van der Waals surface area contributed by atoms with E-state index in [1.165, 1.54) is 30.2 Å². The van der Waals surface area contributed by atoms with E-state index in [1.54, 1.807) is 7.11 Å². The number of nitrogens with zero attached hydrogens (tertiary/aromatic N) is 1. The van der Waals surface area contributed by atoms with Gasteiger partial charge in [0.05, 0.1) is 19.6 Å². The number of ether oxygens (including phenoxy) is 2. The fourth-order valence-electron chi connectivity index (χ4n) is 2.72. The maximum absolute atomic E-state index is 12.7. The quantitative estimate of drug-likeness (QED) is 0.277. The van der Waals surface area contributed by atoms with E-state index in [4.69, 9.17) is 4.74 Å². The van der Waals surface area contributed by atoms with Crippen molar-refractivity contribution in [2.24, 2.45) is 0 Å². The van der Waals surface area contributed by atoms with Crippen molar-refractivity contribution in [1.29, 1.82) is 0 Å². The molecular formula is C19H20N2O4S2. The average Bonchev–Trinajstić information content (AvgIpc) is 3.09. The molecule has 27 heavy (non-hydrogen) atoms. The molecule has 1 N–H and O–H groups in total. The summed E-state index contributed by atoms with van der Waals surface area (Å²) in [7, 11) is 2.99. The lowest BCUT2D eigenvalue weighted by Gasteiger charge is -2.08. The highest BCUT2D eigenvalue weighted by molar-refractivity contribution is 7.99. The van der Waals surface area contributed by atoms with Gasteiger partial charge in [0.1, 0.15) is 10.6 Å². The summed E-state index contributed by atoms with van der Waals surface area (Å²) in [6.07, 6.45) is 1.02. The monoisotopic (exact) mass is 404 g/mol. The standard InChI is InChI=1S/C19H20N2O4S2/c1-11-6-7-14(24-2)12(9-11)13-10-27-18-16(13)17(23)20-19(21-18)26-8-4-5-15(22)25-3/h6-7,9-10H,4-5,8H2,1-3H3,(H,20,21,23). The lowest BCUT2D eigenvalue weighted by atomic mass is 10.0. The van der Waals surface area contributed by atoms with Gasteiger partial charge in [0.15, 0.2) is 5.16 Å². The van der Waals surface area contributed by atoms with Gasteiger partial charge in [0.25, 0.3) is 5.56 Å². The lowest BCUT2D eigenvalue weighted by molar-refractivity contribution is -0.140. The first kappa shape index (κ1) is 19.4. The lowest BCUT2D eigenvalue weighted by Crippen LogP contribution is -2.09. The van der Waals surface area contributed by atoms with Crippen molar-refractivity contribution in [3.63, 3.8) is 0 Å². The topological polar surface area (TPSA) is 81.3 Å². The predicted molar refractivity (Wildman–Crippen MR) is 109 cm³/mol. The molecule has 0 atom stereocenters.